The molecule has 5 nitrogen and oxygen atoms in total. The maximum atomic E-state index is 13.5. The summed E-state index contributed by atoms with van der Waals surface area (Å²) in [6.45, 7) is 0. The Labute approximate surface area is 155 Å². The first-order valence-electron chi connectivity index (χ1n) is 7.72. The van der Waals surface area contributed by atoms with Crippen LogP contribution in [-0.4, -0.2) is 43.0 Å². The highest BCUT2D eigenvalue weighted by molar-refractivity contribution is 6.32. The van der Waals surface area contributed by atoms with Gasteiger partial charge in [-0.1, -0.05) is 11.6 Å². The molecule has 26 heavy (non-hydrogen) atoms. The van der Waals surface area contributed by atoms with Gasteiger partial charge >= 0.3 is 5.91 Å². The molecule has 8 heteroatoms. The van der Waals surface area contributed by atoms with Crippen molar-refractivity contribution in [3.63, 3.8) is 0 Å². The summed E-state index contributed by atoms with van der Waals surface area (Å²) in [4.78, 5) is 25.1. The van der Waals surface area contributed by atoms with E-state index in [9.17, 15) is 18.4 Å². The van der Waals surface area contributed by atoms with Crippen molar-refractivity contribution in [1.82, 2.24) is 0 Å². The van der Waals surface area contributed by atoms with Crippen LogP contribution in [0, 0.1) is 12.3 Å². The summed E-state index contributed by atoms with van der Waals surface area (Å²) in [5.74, 6) is -1.30. The quantitative estimate of drug-likeness (QED) is 0.637. The van der Waals surface area contributed by atoms with E-state index in [2.05, 4.69) is 0 Å². The Morgan fingerprint density at radius 2 is 1.92 bits per heavy atom. The molecular formula is C18H20ClF2NO4. The molecule has 0 aliphatic heterocycles. The second kappa shape index (κ2) is 8.97. The number of alkyl halides is 2. The highest BCUT2D eigenvalue weighted by Crippen LogP contribution is 2.43. The molecule has 1 aromatic carbocycles. The second-order valence-electron chi connectivity index (χ2n) is 5.68. The Hall–Kier alpha value is -2.17. The SMILES string of the molecule is C#CC(=O)N(c1ccc(OC)c(Cl)c1)C1(C=O)CCC(F)(F)CC1.CO. The van der Waals surface area contributed by atoms with Gasteiger partial charge < -0.3 is 14.6 Å². The summed E-state index contributed by atoms with van der Waals surface area (Å²) < 4.78 is 32.0. The number of terminal acetylenes is 1. The van der Waals surface area contributed by atoms with E-state index in [-0.39, 0.29) is 23.6 Å². The zero-order valence-corrected chi connectivity index (χ0v) is 15.2. The number of hydrogen-bond donors (Lipinski definition) is 1. The summed E-state index contributed by atoms with van der Waals surface area (Å²) in [5, 5.41) is 7.21. The third-order valence-electron chi connectivity index (χ3n) is 4.23. The van der Waals surface area contributed by atoms with Crippen LogP contribution in [0.1, 0.15) is 25.7 Å². The molecule has 142 valence electrons. The van der Waals surface area contributed by atoms with Crippen molar-refractivity contribution < 1.29 is 28.2 Å². The van der Waals surface area contributed by atoms with Gasteiger partial charge in [-0.05, 0) is 37.0 Å². The van der Waals surface area contributed by atoms with Crippen LogP contribution in [0.3, 0.4) is 0 Å². The maximum Gasteiger partial charge on any atom is 0.303 e. The average molecular weight is 388 g/mol. The number of aliphatic hydroxyl groups is 1. The van der Waals surface area contributed by atoms with Crippen molar-refractivity contribution >= 4 is 29.5 Å². The van der Waals surface area contributed by atoms with Gasteiger partial charge in [-0.2, -0.15) is 0 Å². The lowest BCUT2D eigenvalue weighted by atomic mass is 9.79. The number of hydrogen-bond acceptors (Lipinski definition) is 4. The number of ether oxygens (including phenoxy) is 1. The first-order chi connectivity index (χ1) is 12.3. The van der Waals surface area contributed by atoms with Gasteiger partial charge in [0.25, 0.3) is 0 Å². The number of halogens is 3. The number of aldehydes is 1. The van der Waals surface area contributed by atoms with Gasteiger partial charge in [-0.15, -0.1) is 6.42 Å². The largest absolute Gasteiger partial charge is 0.495 e. The second-order valence-corrected chi connectivity index (χ2v) is 6.09. The minimum Gasteiger partial charge on any atom is -0.495 e. The van der Waals surface area contributed by atoms with Crippen LogP contribution in [0.15, 0.2) is 18.2 Å². The lowest BCUT2D eigenvalue weighted by Crippen LogP contribution is -2.56. The van der Waals surface area contributed by atoms with Gasteiger partial charge in [-0.3, -0.25) is 9.69 Å². The van der Waals surface area contributed by atoms with E-state index in [0.29, 0.717) is 12.0 Å². The van der Waals surface area contributed by atoms with E-state index in [0.717, 1.165) is 12.0 Å². The number of rotatable bonds is 4. The molecule has 1 aliphatic carbocycles. The molecule has 0 bridgehead atoms. The molecular weight excluding hydrogens is 368 g/mol. The Kier molecular flexibility index (Phi) is 7.54. The van der Waals surface area contributed by atoms with Crippen LogP contribution >= 0.6 is 11.6 Å². The van der Waals surface area contributed by atoms with Gasteiger partial charge in [0, 0.05) is 25.6 Å². The number of carbonyl (C=O) groups excluding carboxylic acids is 2. The highest BCUT2D eigenvalue weighted by atomic mass is 35.5. The zero-order chi connectivity index (χ0) is 20.0. The molecule has 0 spiro atoms. The van der Waals surface area contributed by atoms with E-state index in [1.807, 2.05) is 5.92 Å². The maximum absolute atomic E-state index is 13.5. The number of methoxy groups -OCH3 is 1. The zero-order valence-electron chi connectivity index (χ0n) is 14.5. The van der Waals surface area contributed by atoms with Gasteiger partial charge in [0.05, 0.1) is 12.1 Å². The molecule has 1 saturated carbocycles. The van der Waals surface area contributed by atoms with Crippen LogP contribution in [0.4, 0.5) is 14.5 Å². The molecule has 1 aliphatic rings. The van der Waals surface area contributed by atoms with Crippen LogP contribution in [-0.2, 0) is 9.59 Å². The minimum atomic E-state index is -2.85. The van der Waals surface area contributed by atoms with Gasteiger partial charge in [-0.25, -0.2) is 8.78 Å². The molecule has 0 aromatic heterocycles. The first-order valence-corrected chi connectivity index (χ1v) is 8.09. The molecule has 1 fully saturated rings. The predicted molar refractivity (Wildman–Crippen MR) is 94.7 cm³/mol. The van der Waals surface area contributed by atoms with E-state index >= 15 is 0 Å². The smallest absolute Gasteiger partial charge is 0.303 e. The van der Waals surface area contributed by atoms with Crippen molar-refractivity contribution in [2.45, 2.75) is 37.1 Å². The number of benzene rings is 1. The predicted octanol–water partition coefficient (Wildman–Crippen LogP) is 3.07. The lowest BCUT2D eigenvalue weighted by Gasteiger charge is -2.43. The summed E-state index contributed by atoms with van der Waals surface area (Å²) >= 11 is 6.07. The van der Waals surface area contributed by atoms with Crippen LogP contribution < -0.4 is 9.64 Å². The monoisotopic (exact) mass is 387 g/mol. The molecule has 0 radical (unpaired) electrons. The fourth-order valence-corrected chi connectivity index (χ4v) is 3.13. The molecule has 0 atom stereocenters. The molecule has 0 heterocycles. The summed E-state index contributed by atoms with van der Waals surface area (Å²) in [6, 6.07) is 4.45. The van der Waals surface area contributed by atoms with Gasteiger partial charge in [0.2, 0.25) is 5.92 Å². The number of nitrogens with zero attached hydrogens (tertiary/aromatic N) is 1. The standard InChI is InChI=1S/C17H16ClF2NO3.CH4O/c1-3-15(23)21(12-4-5-14(24-2)13(18)10-12)16(11-22)6-8-17(19,20)9-7-16;1-2/h1,4-5,10-11H,6-9H2,2H3;2H,1H3. The fourth-order valence-electron chi connectivity index (χ4n) is 2.88. The Bertz CT molecular complexity index is 693. The van der Waals surface area contributed by atoms with Gasteiger partial charge in [0.15, 0.2) is 0 Å². The molecule has 0 saturated heterocycles. The van der Waals surface area contributed by atoms with Crippen molar-refractivity contribution in [3.05, 3.63) is 23.2 Å². The molecule has 1 aromatic rings. The Morgan fingerprint density at radius 1 is 1.35 bits per heavy atom. The number of amides is 1. The molecule has 0 unspecified atom stereocenters. The first kappa shape index (κ1) is 21.9. The average Bonchev–Trinajstić information content (AvgIpc) is 2.65. The van der Waals surface area contributed by atoms with Crippen molar-refractivity contribution in [2.75, 3.05) is 19.1 Å². The van der Waals surface area contributed by atoms with Crippen molar-refractivity contribution in [3.8, 4) is 18.1 Å². The van der Waals surface area contributed by atoms with Crippen LogP contribution in [0.2, 0.25) is 5.02 Å². The van der Waals surface area contributed by atoms with E-state index in [1.54, 1.807) is 0 Å². The highest BCUT2D eigenvalue weighted by Gasteiger charge is 2.48. The molecule has 1 amide bonds. The van der Waals surface area contributed by atoms with Gasteiger partial charge in [0.1, 0.15) is 17.6 Å². The Balaban J connectivity index is 0.00000163. The Morgan fingerprint density at radius 3 is 2.35 bits per heavy atom. The third kappa shape index (κ3) is 4.51. The van der Waals surface area contributed by atoms with Crippen LogP contribution in [0.25, 0.3) is 0 Å². The van der Waals surface area contributed by atoms with E-state index in [1.165, 1.54) is 25.3 Å². The normalized spacial score (nSPS) is 17.1. The third-order valence-corrected chi connectivity index (χ3v) is 4.53. The van der Waals surface area contributed by atoms with E-state index in [4.69, 9.17) is 27.9 Å². The number of aliphatic hydroxyl groups excluding tert-OH is 1. The number of carbonyl (C=O) groups is 2. The summed E-state index contributed by atoms with van der Waals surface area (Å²) in [5.41, 5.74) is -1.15. The van der Waals surface area contributed by atoms with Crippen molar-refractivity contribution in [2.24, 2.45) is 0 Å². The van der Waals surface area contributed by atoms with E-state index < -0.39 is 30.2 Å². The lowest BCUT2D eigenvalue weighted by molar-refractivity contribution is -0.124. The molecule has 2 rings (SSSR count). The number of anilines is 1. The topological polar surface area (TPSA) is 66.8 Å². The fraction of sp³-hybridized carbons (Fsp3) is 0.444. The molecule has 1 N–H and O–H groups in total. The van der Waals surface area contributed by atoms with Crippen LogP contribution in [0.5, 0.6) is 5.75 Å². The van der Waals surface area contributed by atoms with Crippen molar-refractivity contribution in [1.29, 1.82) is 0 Å². The summed E-state index contributed by atoms with van der Waals surface area (Å²) in [7, 11) is 2.43. The summed E-state index contributed by atoms with van der Waals surface area (Å²) in [6.07, 6.45) is 4.39. The minimum absolute atomic E-state index is 0.180.